The van der Waals surface area contributed by atoms with Crippen LogP contribution in [0.25, 0.3) is 17.2 Å². The van der Waals surface area contributed by atoms with Crippen molar-refractivity contribution in [3.8, 4) is 11.1 Å². The van der Waals surface area contributed by atoms with E-state index in [1.165, 1.54) is 0 Å². The lowest BCUT2D eigenvalue weighted by Gasteiger charge is -2.08. The zero-order chi connectivity index (χ0) is 15.0. The minimum Gasteiger partial charge on any atom is -0.167 e. The summed E-state index contributed by atoms with van der Waals surface area (Å²) in [5.74, 6) is 0. The maximum Gasteiger partial charge on any atom is 0.0954 e. The summed E-state index contributed by atoms with van der Waals surface area (Å²) >= 11 is 0. The van der Waals surface area contributed by atoms with E-state index in [0.29, 0.717) is 6.54 Å². The fraction of sp³-hybridized carbons (Fsp3) is 0.111. The normalized spacial score (nSPS) is 14.2. The first kappa shape index (κ1) is 14.1. The minimum atomic E-state index is 0.613. The van der Waals surface area contributed by atoms with Gasteiger partial charge in [-0.1, -0.05) is 66.8 Å². The summed E-state index contributed by atoms with van der Waals surface area (Å²) in [6, 6.07) is 16.2. The summed E-state index contributed by atoms with van der Waals surface area (Å²) < 4.78 is 0. The lowest BCUT2D eigenvalue weighted by molar-refractivity contribution is 0.844. The second kappa shape index (κ2) is 7.22. The van der Waals surface area contributed by atoms with E-state index in [9.17, 15) is 0 Å². The number of rotatable bonds is 0. The molecule has 1 heterocycles. The molecule has 0 aromatic heterocycles. The molecule has 0 spiro atoms. The van der Waals surface area contributed by atoms with Crippen LogP contribution in [0.15, 0.2) is 87.4 Å². The van der Waals surface area contributed by atoms with Crippen LogP contribution in [0.1, 0.15) is 12.0 Å². The molecule has 1 aliphatic rings. The third kappa shape index (κ3) is 3.41. The molecular weight excluding hydrogens is 272 g/mol. The molecule has 0 N–H and O–H groups in total. The summed E-state index contributed by atoms with van der Waals surface area (Å²) in [6.07, 6.45) is 9.08. The maximum atomic E-state index is 4.20. The molecule has 0 unspecified atom stereocenters. The number of benzene rings is 2. The van der Waals surface area contributed by atoms with Gasteiger partial charge in [-0.05, 0) is 34.1 Å². The van der Waals surface area contributed by atoms with E-state index < -0.39 is 0 Å². The van der Waals surface area contributed by atoms with Crippen LogP contribution in [0.5, 0.6) is 0 Å². The van der Waals surface area contributed by atoms with Crippen LogP contribution in [-0.4, -0.2) is 6.54 Å². The Morgan fingerprint density at radius 2 is 1.59 bits per heavy atom. The van der Waals surface area contributed by atoms with Crippen molar-refractivity contribution in [3.05, 3.63) is 72.3 Å². The van der Waals surface area contributed by atoms with E-state index >= 15 is 0 Å². The Morgan fingerprint density at radius 3 is 2.55 bits per heavy atom. The predicted octanol–water partition coefficient (Wildman–Crippen LogP) is 5.78. The van der Waals surface area contributed by atoms with Crippen molar-refractivity contribution in [3.63, 3.8) is 0 Å². The third-order valence-corrected chi connectivity index (χ3v) is 3.33. The Kier molecular flexibility index (Phi) is 4.62. The number of hydrogen-bond donors (Lipinski definition) is 0. The van der Waals surface area contributed by atoms with E-state index in [1.807, 2.05) is 48.6 Å². The van der Waals surface area contributed by atoms with Crippen LogP contribution in [0.3, 0.4) is 0 Å². The second-order valence-corrected chi connectivity index (χ2v) is 4.82. The molecule has 0 saturated heterocycles. The molecule has 1 aliphatic heterocycles. The van der Waals surface area contributed by atoms with Crippen LogP contribution in [0, 0.1) is 0 Å². The Hall–Kier alpha value is -2.88. The molecule has 0 aliphatic carbocycles. The van der Waals surface area contributed by atoms with Crippen molar-refractivity contribution in [1.82, 2.24) is 0 Å². The molecule has 3 rings (SSSR count). The lowest BCUT2D eigenvalue weighted by atomic mass is 9.98. The van der Waals surface area contributed by atoms with Crippen molar-refractivity contribution in [2.24, 2.45) is 20.7 Å². The van der Waals surface area contributed by atoms with Gasteiger partial charge in [0, 0.05) is 5.56 Å². The molecule has 4 nitrogen and oxygen atoms in total. The summed E-state index contributed by atoms with van der Waals surface area (Å²) in [6.45, 7) is 0.613. The highest BCUT2D eigenvalue weighted by atomic mass is 15.5. The summed E-state index contributed by atoms with van der Waals surface area (Å²) in [7, 11) is 0. The summed E-state index contributed by atoms with van der Waals surface area (Å²) in [5.41, 5.74) is 4.09. The predicted molar refractivity (Wildman–Crippen MR) is 88.9 cm³/mol. The van der Waals surface area contributed by atoms with Crippen molar-refractivity contribution in [2.45, 2.75) is 6.42 Å². The molecule has 2 aromatic rings. The van der Waals surface area contributed by atoms with Crippen LogP contribution < -0.4 is 0 Å². The first-order valence-corrected chi connectivity index (χ1v) is 7.24. The fourth-order valence-corrected chi connectivity index (χ4v) is 2.28. The highest BCUT2D eigenvalue weighted by Crippen LogP contribution is 2.33. The molecule has 108 valence electrons. The van der Waals surface area contributed by atoms with Crippen LogP contribution in [-0.2, 0) is 0 Å². The first-order chi connectivity index (χ1) is 10.9. The second-order valence-electron chi connectivity index (χ2n) is 4.82. The number of nitrogens with zero attached hydrogens (tertiary/aromatic N) is 4. The standard InChI is InChI=1S/C18H16N4/c1-2-8-14-19-21-22-20-18-13-7-6-12-17(18)16-11-5-4-10-15(16)9-3-1/h1-7,9-13H,8,14H2. The van der Waals surface area contributed by atoms with Gasteiger partial charge in [0.25, 0.3) is 0 Å². The summed E-state index contributed by atoms with van der Waals surface area (Å²) in [4.78, 5) is 0. The van der Waals surface area contributed by atoms with Crippen molar-refractivity contribution in [1.29, 1.82) is 0 Å². The first-order valence-electron chi connectivity index (χ1n) is 7.24. The molecule has 22 heavy (non-hydrogen) atoms. The Balaban J connectivity index is 2.13. The smallest absolute Gasteiger partial charge is 0.0954 e. The van der Waals surface area contributed by atoms with Gasteiger partial charge >= 0.3 is 0 Å². The highest BCUT2D eigenvalue weighted by Gasteiger charge is 2.07. The molecular formula is C18H16N4. The Bertz CT molecular complexity index is 692. The topological polar surface area (TPSA) is 49.4 Å². The van der Waals surface area contributed by atoms with Gasteiger partial charge < -0.3 is 0 Å². The van der Waals surface area contributed by atoms with Gasteiger partial charge in [0.15, 0.2) is 0 Å². The van der Waals surface area contributed by atoms with Gasteiger partial charge in [-0.2, -0.15) is 5.11 Å². The molecule has 0 radical (unpaired) electrons. The summed E-state index contributed by atoms with van der Waals surface area (Å²) in [5, 5.41) is 15.7. The largest absolute Gasteiger partial charge is 0.167 e. The molecule has 2 aromatic carbocycles. The number of allylic oxidation sites excluding steroid dienone is 2. The van der Waals surface area contributed by atoms with E-state index in [-0.39, 0.29) is 0 Å². The van der Waals surface area contributed by atoms with Gasteiger partial charge in [-0.15, -0.1) is 5.11 Å². The molecule has 0 fully saturated rings. The fourth-order valence-electron chi connectivity index (χ4n) is 2.28. The van der Waals surface area contributed by atoms with Gasteiger partial charge in [0.2, 0.25) is 0 Å². The minimum absolute atomic E-state index is 0.613. The SMILES string of the molecule is C1=CCCN=NN=Nc2ccccc2-c2ccccc2C=C1. The number of fused-ring (bicyclic) bond motifs is 3. The maximum absolute atomic E-state index is 4.20. The van der Waals surface area contributed by atoms with Crippen molar-refractivity contribution >= 4 is 11.8 Å². The molecule has 0 atom stereocenters. The van der Waals surface area contributed by atoms with Crippen LogP contribution in [0.2, 0.25) is 0 Å². The Labute approximate surface area is 129 Å². The van der Waals surface area contributed by atoms with Crippen molar-refractivity contribution < 1.29 is 0 Å². The van der Waals surface area contributed by atoms with Gasteiger partial charge in [-0.25, -0.2) is 0 Å². The Morgan fingerprint density at radius 1 is 0.773 bits per heavy atom. The van der Waals surface area contributed by atoms with Crippen molar-refractivity contribution in [2.75, 3.05) is 6.54 Å². The molecule has 4 heteroatoms. The third-order valence-electron chi connectivity index (χ3n) is 3.33. The quantitative estimate of drug-likeness (QED) is 0.590. The van der Waals surface area contributed by atoms with E-state index in [0.717, 1.165) is 28.8 Å². The van der Waals surface area contributed by atoms with Gasteiger partial charge in [-0.3, -0.25) is 0 Å². The zero-order valence-corrected chi connectivity index (χ0v) is 12.1. The van der Waals surface area contributed by atoms with E-state index in [2.05, 4.69) is 45.0 Å². The van der Waals surface area contributed by atoms with Gasteiger partial charge in [0.05, 0.1) is 12.2 Å². The van der Waals surface area contributed by atoms with Crippen LogP contribution >= 0.6 is 0 Å². The van der Waals surface area contributed by atoms with Crippen LogP contribution in [0.4, 0.5) is 5.69 Å². The number of hydrogen-bond acceptors (Lipinski definition) is 4. The average Bonchev–Trinajstić information content (AvgIpc) is 2.57. The van der Waals surface area contributed by atoms with E-state index in [4.69, 9.17) is 0 Å². The van der Waals surface area contributed by atoms with Gasteiger partial charge in [0.1, 0.15) is 0 Å². The van der Waals surface area contributed by atoms with E-state index in [1.54, 1.807) is 0 Å². The zero-order valence-electron chi connectivity index (χ0n) is 12.1. The molecule has 0 bridgehead atoms. The highest BCUT2D eigenvalue weighted by molar-refractivity contribution is 5.82. The molecule has 0 amide bonds. The molecule has 0 saturated carbocycles. The average molecular weight is 288 g/mol. The lowest BCUT2D eigenvalue weighted by Crippen LogP contribution is -1.83. The monoisotopic (exact) mass is 288 g/mol.